The molecule has 2 aromatic carbocycles. The van der Waals surface area contributed by atoms with E-state index >= 15 is 0 Å². The van der Waals surface area contributed by atoms with Crippen LogP contribution in [-0.2, 0) is 14.6 Å². The van der Waals surface area contributed by atoms with E-state index in [9.17, 15) is 13.2 Å². The smallest absolute Gasteiger partial charge is 0.242 e. The fraction of sp³-hybridized carbons (Fsp3) is 0.235. The first kappa shape index (κ1) is 16.2. The Balaban J connectivity index is 2.26. The second-order valence-electron chi connectivity index (χ2n) is 5.00. The predicted molar refractivity (Wildman–Crippen MR) is 87.7 cm³/mol. The lowest BCUT2D eigenvalue weighted by Gasteiger charge is -2.22. The van der Waals surface area contributed by atoms with Crippen molar-refractivity contribution in [3.63, 3.8) is 0 Å². The maximum atomic E-state index is 12.5. The maximum absolute atomic E-state index is 12.5. The van der Waals surface area contributed by atoms with Crippen LogP contribution in [0.25, 0.3) is 0 Å². The van der Waals surface area contributed by atoms with Crippen LogP contribution in [0.3, 0.4) is 0 Å². The highest BCUT2D eigenvalue weighted by Gasteiger charge is 2.24. The SMILES string of the molecule is CCN(C(=O)CS(=O)(=O)c1ccccc1)c1ccccc1C. The van der Waals surface area contributed by atoms with E-state index in [4.69, 9.17) is 0 Å². The maximum Gasteiger partial charge on any atom is 0.242 e. The van der Waals surface area contributed by atoms with Crippen molar-refractivity contribution in [1.29, 1.82) is 0 Å². The molecule has 0 saturated carbocycles. The highest BCUT2D eigenvalue weighted by molar-refractivity contribution is 7.92. The Kier molecular flexibility index (Phi) is 4.98. The number of carbonyl (C=O) groups excluding carboxylic acids is 1. The van der Waals surface area contributed by atoms with Crippen molar-refractivity contribution in [3.05, 3.63) is 60.2 Å². The molecule has 22 heavy (non-hydrogen) atoms. The van der Waals surface area contributed by atoms with E-state index in [1.165, 1.54) is 17.0 Å². The van der Waals surface area contributed by atoms with Crippen molar-refractivity contribution in [1.82, 2.24) is 0 Å². The summed E-state index contributed by atoms with van der Waals surface area (Å²) in [6.45, 7) is 4.16. The number of rotatable bonds is 5. The number of para-hydroxylation sites is 1. The second-order valence-corrected chi connectivity index (χ2v) is 6.99. The number of amides is 1. The zero-order valence-electron chi connectivity index (χ0n) is 12.7. The monoisotopic (exact) mass is 317 g/mol. The fourth-order valence-electron chi connectivity index (χ4n) is 2.30. The summed E-state index contributed by atoms with van der Waals surface area (Å²) in [5.74, 6) is -0.945. The minimum absolute atomic E-state index is 0.171. The Morgan fingerprint density at radius 3 is 2.18 bits per heavy atom. The van der Waals surface area contributed by atoms with E-state index < -0.39 is 21.5 Å². The topological polar surface area (TPSA) is 54.5 Å². The fourth-order valence-corrected chi connectivity index (χ4v) is 3.52. The van der Waals surface area contributed by atoms with Crippen LogP contribution in [0.15, 0.2) is 59.5 Å². The molecule has 0 aromatic heterocycles. The summed E-state index contributed by atoms with van der Waals surface area (Å²) in [6, 6.07) is 15.5. The molecule has 4 nitrogen and oxygen atoms in total. The van der Waals surface area contributed by atoms with Crippen LogP contribution in [0.4, 0.5) is 5.69 Å². The molecule has 0 radical (unpaired) electrons. The Hall–Kier alpha value is -2.14. The molecule has 0 spiro atoms. The van der Waals surface area contributed by atoms with Gasteiger partial charge >= 0.3 is 0 Å². The third-order valence-corrected chi connectivity index (χ3v) is 5.06. The first-order chi connectivity index (χ1) is 10.5. The summed E-state index contributed by atoms with van der Waals surface area (Å²) in [5.41, 5.74) is 1.69. The first-order valence-corrected chi connectivity index (χ1v) is 8.74. The van der Waals surface area contributed by atoms with E-state index in [2.05, 4.69) is 0 Å². The molecule has 0 atom stereocenters. The summed E-state index contributed by atoms with van der Waals surface area (Å²) in [5, 5.41) is 0. The van der Waals surface area contributed by atoms with Gasteiger partial charge in [-0.15, -0.1) is 0 Å². The van der Waals surface area contributed by atoms with Gasteiger partial charge in [0.25, 0.3) is 0 Å². The van der Waals surface area contributed by atoms with Gasteiger partial charge in [0, 0.05) is 12.2 Å². The number of benzene rings is 2. The van der Waals surface area contributed by atoms with Crippen LogP contribution in [0.1, 0.15) is 12.5 Å². The lowest BCUT2D eigenvalue weighted by atomic mass is 10.2. The second kappa shape index (κ2) is 6.75. The van der Waals surface area contributed by atoms with Crippen molar-refractivity contribution < 1.29 is 13.2 Å². The van der Waals surface area contributed by atoms with Crippen molar-refractivity contribution in [2.75, 3.05) is 17.2 Å². The summed E-state index contributed by atoms with van der Waals surface area (Å²) in [4.78, 5) is 14.1. The number of hydrogen-bond acceptors (Lipinski definition) is 3. The lowest BCUT2D eigenvalue weighted by molar-refractivity contribution is -0.116. The molecular weight excluding hydrogens is 298 g/mol. The molecule has 0 saturated heterocycles. The molecule has 0 aliphatic carbocycles. The number of anilines is 1. The van der Waals surface area contributed by atoms with Crippen LogP contribution in [0.2, 0.25) is 0 Å². The molecule has 0 heterocycles. The highest BCUT2D eigenvalue weighted by Crippen LogP contribution is 2.20. The summed E-state index contributed by atoms with van der Waals surface area (Å²) in [7, 11) is -3.63. The largest absolute Gasteiger partial charge is 0.312 e. The number of hydrogen-bond donors (Lipinski definition) is 0. The van der Waals surface area contributed by atoms with E-state index in [1.807, 2.05) is 38.1 Å². The molecular formula is C17H19NO3S. The number of aryl methyl sites for hydroxylation is 1. The van der Waals surface area contributed by atoms with Gasteiger partial charge in [-0.05, 0) is 37.6 Å². The van der Waals surface area contributed by atoms with Crippen molar-refractivity contribution in [2.24, 2.45) is 0 Å². The third-order valence-electron chi connectivity index (χ3n) is 3.44. The quantitative estimate of drug-likeness (QED) is 0.852. The van der Waals surface area contributed by atoms with Gasteiger partial charge < -0.3 is 4.90 Å². The minimum Gasteiger partial charge on any atom is -0.312 e. The predicted octanol–water partition coefficient (Wildman–Crippen LogP) is 2.82. The third kappa shape index (κ3) is 3.54. The molecule has 5 heteroatoms. The highest BCUT2D eigenvalue weighted by atomic mass is 32.2. The molecule has 0 N–H and O–H groups in total. The number of nitrogens with zero attached hydrogens (tertiary/aromatic N) is 1. The Bertz CT molecular complexity index is 754. The molecule has 116 valence electrons. The van der Waals surface area contributed by atoms with Crippen LogP contribution < -0.4 is 4.90 Å². The van der Waals surface area contributed by atoms with Crippen LogP contribution in [0.5, 0.6) is 0 Å². The average molecular weight is 317 g/mol. The normalized spacial score (nSPS) is 11.2. The van der Waals surface area contributed by atoms with Crippen molar-refractivity contribution in [2.45, 2.75) is 18.7 Å². The van der Waals surface area contributed by atoms with Gasteiger partial charge in [0.2, 0.25) is 5.91 Å². The van der Waals surface area contributed by atoms with Gasteiger partial charge in [-0.3, -0.25) is 4.79 Å². The Morgan fingerprint density at radius 1 is 1.00 bits per heavy atom. The first-order valence-electron chi connectivity index (χ1n) is 7.09. The molecule has 0 fully saturated rings. The lowest BCUT2D eigenvalue weighted by Crippen LogP contribution is -2.36. The van der Waals surface area contributed by atoms with E-state index in [1.54, 1.807) is 18.2 Å². The standard InChI is InChI=1S/C17H19NO3S/c1-3-18(16-12-8-7-9-14(16)2)17(19)13-22(20,21)15-10-5-4-6-11-15/h4-12H,3,13H2,1-2H3. The molecule has 0 aliphatic heterocycles. The molecule has 0 aliphatic rings. The van der Waals surface area contributed by atoms with E-state index in [0.717, 1.165) is 11.3 Å². The molecule has 2 aromatic rings. The van der Waals surface area contributed by atoms with Crippen molar-refractivity contribution >= 4 is 21.4 Å². The summed E-state index contributed by atoms with van der Waals surface area (Å²) < 4.78 is 24.7. The van der Waals surface area contributed by atoms with Gasteiger partial charge in [-0.2, -0.15) is 0 Å². The Morgan fingerprint density at radius 2 is 1.59 bits per heavy atom. The molecule has 0 unspecified atom stereocenters. The van der Waals surface area contributed by atoms with Crippen molar-refractivity contribution in [3.8, 4) is 0 Å². The average Bonchev–Trinajstić information content (AvgIpc) is 2.50. The van der Waals surface area contributed by atoms with Gasteiger partial charge in [0.05, 0.1) is 4.90 Å². The van der Waals surface area contributed by atoms with E-state index in [-0.39, 0.29) is 4.90 Å². The molecule has 1 amide bonds. The molecule has 0 bridgehead atoms. The zero-order valence-corrected chi connectivity index (χ0v) is 13.5. The van der Waals surface area contributed by atoms with Gasteiger partial charge in [0.1, 0.15) is 5.75 Å². The zero-order chi connectivity index (χ0) is 16.2. The van der Waals surface area contributed by atoms with Gasteiger partial charge in [-0.1, -0.05) is 36.4 Å². The van der Waals surface area contributed by atoms with Crippen LogP contribution >= 0.6 is 0 Å². The summed E-state index contributed by atoms with van der Waals surface area (Å²) in [6.07, 6.45) is 0. The minimum atomic E-state index is -3.63. The van der Waals surface area contributed by atoms with Gasteiger partial charge in [-0.25, -0.2) is 8.42 Å². The van der Waals surface area contributed by atoms with Gasteiger partial charge in [0.15, 0.2) is 9.84 Å². The number of carbonyl (C=O) groups is 1. The summed E-state index contributed by atoms with van der Waals surface area (Å²) >= 11 is 0. The Labute approximate surface area is 131 Å². The van der Waals surface area contributed by atoms with Crippen LogP contribution in [0, 0.1) is 6.92 Å². The van der Waals surface area contributed by atoms with Crippen LogP contribution in [-0.4, -0.2) is 26.6 Å². The molecule has 2 rings (SSSR count). The number of sulfone groups is 1. The van der Waals surface area contributed by atoms with E-state index in [0.29, 0.717) is 6.54 Å².